The first-order valence-electron chi connectivity index (χ1n) is 8.76. The number of rotatable bonds is 9. The first-order valence-corrected chi connectivity index (χ1v) is 8.76. The molecule has 0 spiro atoms. The highest BCUT2D eigenvalue weighted by molar-refractivity contribution is 4.99. The molecule has 3 aliphatic rings. The van der Waals surface area contributed by atoms with Crippen molar-refractivity contribution in [2.75, 3.05) is 19.6 Å². The van der Waals surface area contributed by atoms with Crippen molar-refractivity contribution in [3.8, 4) is 0 Å². The van der Waals surface area contributed by atoms with E-state index in [0.717, 1.165) is 19.0 Å². The van der Waals surface area contributed by atoms with E-state index in [2.05, 4.69) is 11.8 Å². The molecule has 0 aromatic carbocycles. The number of nitrogens with zero attached hydrogens (tertiary/aromatic N) is 1. The summed E-state index contributed by atoms with van der Waals surface area (Å²) in [5, 5.41) is 0. The molecule has 0 unspecified atom stereocenters. The minimum atomic E-state index is 0.554. The van der Waals surface area contributed by atoms with Crippen LogP contribution in [0, 0.1) is 5.92 Å². The monoisotopic (exact) mass is 266 g/mol. The summed E-state index contributed by atoms with van der Waals surface area (Å²) < 4.78 is 0. The molecule has 0 aromatic heterocycles. The quantitative estimate of drug-likeness (QED) is 0.640. The summed E-state index contributed by atoms with van der Waals surface area (Å²) in [5.74, 6) is 1.06. The van der Waals surface area contributed by atoms with Gasteiger partial charge in [0.05, 0.1) is 0 Å². The Labute approximate surface area is 120 Å². The topological polar surface area (TPSA) is 29.3 Å². The zero-order valence-corrected chi connectivity index (χ0v) is 13.0. The van der Waals surface area contributed by atoms with Crippen LogP contribution in [0.15, 0.2) is 0 Å². The van der Waals surface area contributed by atoms with Crippen LogP contribution in [0.1, 0.15) is 77.6 Å². The van der Waals surface area contributed by atoms with E-state index in [1.807, 2.05) is 0 Å². The first-order chi connectivity index (χ1) is 9.30. The molecule has 3 fully saturated rings. The van der Waals surface area contributed by atoms with Crippen LogP contribution in [0.3, 0.4) is 0 Å². The Balaban J connectivity index is 1.80. The van der Waals surface area contributed by atoms with Crippen molar-refractivity contribution in [3.05, 3.63) is 0 Å². The molecule has 0 saturated heterocycles. The van der Waals surface area contributed by atoms with E-state index >= 15 is 0 Å². The Morgan fingerprint density at radius 1 is 0.947 bits per heavy atom. The molecule has 3 rings (SSSR count). The van der Waals surface area contributed by atoms with Gasteiger partial charge in [-0.25, -0.2) is 0 Å². The Morgan fingerprint density at radius 3 is 2.16 bits per heavy atom. The van der Waals surface area contributed by atoms with E-state index in [1.54, 1.807) is 0 Å². The van der Waals surface area contributed by atoms with Gasteiger partial charge in [0.15, 0.2) is 0 Å². The third kappa shape index (κ3) is 3.95. The van der Waals surface area contributed by atoms with Gasteiger partial charge >= 0.3 is 0 Å². The summed E-state index contributed by atoms with van der Waals surface area (Å²) in [6.45, 7) is 5.55. The molecule has 0 heterocycles. The lowest BCUT2D eigenvalue weighted by atomic mass is 9.65. The summed E-state index contributed by atoms with van der Waals surface area (Å²) in [7, 11) is 0. The van der Waals surface area contributed by atoms with E-state index in [9.17, 15) is 0 Å². The van der Waals surface area contributed by atoms with E-state index in [4.69, 9.17) is 5.73 Å². The maximum absolute atomic E-state index is 5.87. The van der Waals surface area contributed by atoms with Gasteiger partial charge in [0.2, 0.25) is 0 Å². The number of fused-ring (bicyclic) bond motifs is 3. The molecule has 19 heavy (non-hydrogen) atoms. The third-order valence-electron chi connectivity index (χ3n) is 5.66. The van der Waals surface area contributed by atoms with Crippen molar-refractivity contribution in [3.63, 3.8) is 0 Å². The fourth-order valence-corrected chi connectivity index (χ4v) is 4.35. The highest BCUT2D eigenvalue weighted by Crippen LogP contribution is 2.47. The maximum Gasteiger partial charge on any atom is 0.0210 e. The average molecular weight is 266 g/mol. The van der Waals surface area contributed by atoms with Crippen molar-refractivity contribution in [2.45, 2.75) is 83.1 Å². The Kier molecular flexibility index (Phi) is 6.15. The van der Waals surface area contributed by atoms with Crippen molar-refractivity contribution in [2.24, 2.45) is 11.7 Å². The summed E-state index contributed by atoms with van der Waals surface area (Å²) in [5.41, 5.74) is 6.43. The first kappa shape index (κ1) is 15.3. The number of unbranched alkanes of at least 4 members (excludes halogenated alkanes) is 4. The molecule has 0 aromatic rings. The normalized spacial score (nSPS) is 30.2. The third-order valence-corrected chi connectivity index (χ3v) is 5.66. The second-order valence-electron chi connectivity index (χ2n) is 6.90. The van der Waals surface area contributed by atoms with Crippen LogP contribution in [0.5, 0.6) is 0 Å². The maximum atomic E-state index is 5.87. The van der Waals surface area contributed by atoms with Gasteiger partial charge in [-0.15, -0.1) is 0 Å². The largest absolute Gasteiger partial charge is 0.329 e. The summed E-state index contributed by atoms with van der Waals surface area (Å²) in [4.78, 5) is 2.79. The van der Waals surface area contributed by atoms with Crippen molar-refractivity contribution < 1.29 is 0 Å². The summed E-state index contributed by atoms with van der Waals surface area (Å²) in [6.07, 6.45) is 15.8. The van der Waals surface area contributed by atoms with Crippen molar-refractivity contribution in [1.29, 1.82) is 0 Å². The van der Waals surface area contributed by atoms with Crippen LogP contribution in [-0.4, -0.2) is 30.1 Å². The fourth-order valence-electron chi connectivity index (χ4n) is 4.35. The van der Waals surface area contributed by atoms with Crippen LogP contribution in [0.4, 0.5) is 0 Å². The van der Waals surface area contributed by atoms with Crippen molar-refractivity contribution >= 4 is 0 Å². The van der Waals surface area contributed by atoms with Crippen molar-refractivity contribution in [1.82, 2.24) is 4.90 Å². The van der Waals surface area contributed by atoms with Gasteiger partial charge in [-0.2, -0.15) is 0 Å². The lowest BCUT2D eigenvalue weighted by molar-refractivity contribution is -0.0107. The van der Waals surface area contributed by atoms with E-state index in [0.29, 0.717) is 5.54 Å². The van der Waals surface area contributed by atoms with Gasteiger partial charge in [-0.05, 0) is 57.4 Å². The van der Waals surface area contributed by atoms with Gasteiger partial charge in [-0.3, -0.25) is 4.90 Å². The minimum absolute atomic E-state index is 0.554. The second kappa shape index (κ2) is 7.64. The molecule has 112 valence electrons. The Morgan fingerprint density at radius 2 is 1.58 bits per heavy atom. The summed E-state index contributed by atoms with van der Waals surface area (Å²) in [6, 6.07) is 0. The van der Waals surface area contributed by atoms with E-state index < -0.39 is 0 Å². The van der Waals surface area contributed by atoms with E-state index in [1.165, 1.54) is 77.2 Å². The van der Waals surface area contributed by atoms with Gasteiger partial charge < -0.3 is 5.73 Å². The Hall–Kier alpha value is -0.0800. The number of hydrogen-bond acceptors (Lipinski definition) is 2. The highest BCUT2D eigenvalue weighted by Gasteiger charge is 2.43. The van der Waals surface area contributed by atoms with Crippen LogP contribution in [-0.2, 0) is 0 Å². The predicted octanol–water partition coefficient (Wildman–Crippen LogP) is 3.94. The molecule has 0 atom stereocenters. The number of nitrogens with two attached hydrogens (primary N) is 1. The highest BCUT2D eigenvalue weighted by atomic mass is 15.2. The molecule has 2 heteroatoms. The van der Waals surface area contributed by atoms with Gasteiger partial charge in [0, 0.05) is 18.6 Å². The predicted molar refractivity (Wildman–Crippen MR) is 83.3 cm³/mol. The molecule has 2 nitrogen and oxygen atoms in total. The number of hydrogen-bond donors (Lipinski definition) is 1. The average Bonchev–Trinajstić information content (AvgIpc) is 2.48. The SMILES string of the molecule is CCCCCCCN(CCN)C12CCC(CC1)CC2. The molecule has 3 aliphatic carbocycles. The molecular formula is C17H34N2. The summed E-state index contributed by atoms with van der Waals surface area (Å²) >= 11 is 0. The van der Waals surface area contributed by atoms with Crippen LogP contribution in [0.2, 0.25) is 0 Å². The fraction of sp³-hybridized carbons (Fsp3) is 1.00. The molecular weight excluding hydrogens is 232 g/mol. The second-order valence-corrected chi connectivity index (χ2v) is 6.90. The van der Waals surface area contributed by atoms with E-state index in [-0.39, 0.29) is 0 Å². The van der Waals surface area contributed by atoms with Crippen LogP contribution >= 0.6 is 0 Å². The smallest absolute Gasteiger partial charge is 0.0210 e. The lowest BCUT2D eigenvalue weighted by Gasteiger charge is -2.53. The minimum Gasteiger partial charge on any atom is -0.329 e. The Bertz CT molecular complexity index is 230. The molecule has 2 N–H and O–H groups in total. The zero-order chi connectivity index (χ0) is 13.6. The molecule has 0 amide bonds. The molecule has 0 radical (unpaired) electrons. The van der Waals surface area contributed by atoms with Gasteiger partial charge in [-0.1, -0.05) is 32.6 Å². The van der Waals surface area contributed by atoms with Crippen LogP contribution in [0.25, 0.3) is 0 Å². The standard InChI is InChI=1S/C17H34N2/c1-2-3-4-5-6-14-19(15-13-18)17-10-7-16(8-11-17)9-12-17/h16H,2-15,18H2,1H3. The van der Waals surface area contributed by atoms with Crippen LogP contribution < -0.4 is 5.73 Å². The van der Waals surface area contributed by atoms with Gasteiger partial charge in [0.25, 0.3) is 0 Å². The zero-order valence-electron chi connectivity index (χ0n) is 13.0. The van der Waals surface area contributed by atoms with Gasteiger partial charge in [0.1, 0.15) is 0 Å². The lowest BCUT2D eigenvalue weighted by Crippen LogP contribution is -2.55. The molecule has 2 bridgehead atoms. The molecule has 3 saturated carbocycles. The molecule has 0 aliphatic heterocycles.